The average molecular weight is 395 g/mol. The van der Waals surface area contributed by atoms with Gasteiger partial charge in [-0.1, -0.05) is 30.3 Å². The Morgan fingerprint density at radius 1 is 1.10 bits per heavy atom. The summed E-state index contributed by atoms with van der Waals surface area (Å²) in [5.41, 5.74) is 1.01. The molecule has 0 radical (unpaired) electrons. The first-order valence-corrected chi connectivity index (χ1v) is 8.62. The molecule has 2 aromatic carbocycles. The van der Waals surface area contributed by atoms with Crippen molar-refractivity contribution in [2.24, 2.45) is 0 Å². The van der Waals surface area contributed by atoms with Crippen LogP contribution < -0.4 is 10.1 Å². The highest BCUT2D eigenvalue weighted by atomic mass is 16.6. The molecule has 0 bridgehead atoms. The molecule has 1 heterocycles. The number of nitrogens with zero attached hydrogens (tertiary/aromatic N) is 2. The topological polar surface area (TPSA) is 119 Å². The van der Waals surface area contributed by atoms with Crippen molar-refractivity contribution in [3.8, 4) is 5.75 Å². The highest BCUT2D eigenvalue weighted by molar-refractivity contribution is 6.02. The number of hydrogen-bond donors (Lipinski definition) is 1. The summed E-state index contributed by atoms with van der Waals surface area (Å²) >= 11 is 0. The van der Waals surface area contributed by atoms with Crippen LogP contribution in [-0.4, -0.2) is 27.7 Å². The van der Waals surface area contributed by atoms with Gasteiger partial charge < -0.3 is 10.1 Å². The molecule has 1 unspecified atom stereocenters. The number of ketones is 1. The summed E-state index contributed by atoms with van der Waals surface area (Å²) < 4.78 is 5.24. The van der Waals surface area contributed by atoms with Crippen LogP contribution in [0.4, 0.5) is 15.3 Å². The number of hydrogen-bond acceptors (Lipinski definition) is 6. The Morgan fingerprint density at radius 3 is 2.28 bits per heavy atom. The van der Waals surface area contributed by atoms with E-state index in [0.29, 0.717) is 11.3 Å². The number of benzene rings is 2. The maximum absolute atomic E-state index is 12.8. The molecular weight excluding hydrogens is 378 g/mol. The van der Waals surface area contributed by atoms with Crippen LogP contribution >= 0.6 is 0 Å². The number of nitro benzene ring substituents is 1. The third-order valence-electron chi connectivity index (χ3n) is 4.39. The van der Waals surface area contributed by atoms with Gasteiger partial charge in [0.1, 0.15) is 11.8 Å². The minimum absolute atomic E-state index is 0.0239. The Hall–Kier alpha value is -4.01. The number of carbonyl (C=O) groups is 3. The number of non-ortho nitro benzene ring substituents is 1. The number of nitro groups is 1. The quantitative estimate of drug-likeness (QED) is 0.622. The zero-order valence-corrected chi connectivity index (χ0v) is 15.6. The molecule has 0 spiro atoms. The lowest BCUT2D eigenvalue weighted by Crippen LogP contribution is -2.51. The van der Waals surface area contributed by atoms with E-state index in [1.54, 1.807) is 37.3 Å². The van der Waals surface area contributed by atoms with Gasteiger partial charge in [0.15, 0.2) is 5.78 Å². The van der Waals surface area contributed by atoms with E-state index in [2.05, 4.69) is 5.32 Å². The molecule has 2 aromatic rings. The second kappa shape index (κ2) is 7.93. The number of ether oxygens (including phenoxy) is 1. The minimum Gasteiger partial charge on any atom is -0.410 e. The van der Waals surface area contributed by atoms with Crippen LogP contribution in [0.15, 0.2) is 65.9 Å². The van der Waals surface area contributed by atoms with Gasteiger partial charge >= 0.3 is 12.1 Å². The first-order valence-electron chi connectivity index (χ1n) is 8.62. The Labute approximate surface area is 165 Å². The number of amides is 3. The molecule has 148 valence electrons. The molecule has 0 saturated heterocycles. The smallest absolute Gasteiger partial charge is 0.410 e. The fourth-order valence-corrected chi connectivity index (χ4v) is 3.12. The van der Waals surface area contributed by atoms with Crippen LogP contribution in [0.5, 0.6) is 5.75 Å². The van der Waals surface area contributed by atoms with Gasteiger partial charge in [-0.3, -0.25) is 14.9 Å². The maximum atomic E-state index is 12.8. The van der Waals surface area contributed by atoms with Gasteiger partial charge in [0.2, 0.25) is 0 Å². The Bertz CT molecular complexity index is 1010. The van der Waals surface area contributed by atoms with E-state index in [9.17, 15) is 24.5 Å². The van der Waals surface area contributed by atoms with E-state index in [1.165, 1.54) is 31.2 Å². The molecule has 3 amide bonds. The molecule has 9 heteroatoms. The predicted molar refractivity (Wildman–Crippen MR) is 102 cm³/mol. The summed E-state index contributed by atoms with van der Waals surface area (Å²) in [6.45, 7) is 2.94. The van der Waals surface area contributed by atoms with E-state index in [0.717, 1.165) is 4.90 Å². The molecule has 1 N–H and O–H groups in total. The molecule has 29 heavy (non-hydrogen) atoms. The summed E-state index contributed by atoms with van der Waals surface area (Å²) in [5, 5.41) is 13.3. The lowest BCUT2D eigenvalue weighted by molar-refractivity contribution is -0.384. The molecule has 0 aliphatic carbocycles. The van der Waals surface area contributed by atoms with Gasteiger partial charge in [0, 0.05) is 23.4 Å². The number of urea groups is 1. The lowest BCUT2D eigenvalue weighted by Gasteiger charge is -2.35. The fourth-order valence-electron chi connectivity index (χ4n) is 3.12. The third-order valence-corrected chi connectivity index (χ3v) is 4.39. The molecule has 9 nitrogen and oxygen atoms in total. The third kappa shape index (κ3) is 3.98. The number of Topliss-reactive ketones (excluding diaryl/α,β-unsaturated/α-hetero) is 1. The predicted octanol–water partition coefficient (Wildman–Crippen LogP) is 3.72. The van der Waals surface area contributed by atoms with E-state index < -0.39 is 23.1 Å². The molecule has 1 aliphatic heterocycles. The van der Waals surface area contributed by atoms with Crippen molar-refractivity contribution in [2.45, 2.75) is 19.9 Å². The molecule has 1 atom stereocenters. The Kier molecular flexibility index (Phi) is 5.40. The second-order valence-corrected chi connectivity index (χ2v) is 6.33. The second-order valence-electron chi connectivity index (χ2n) is 6.33. The molecule has 0 aromatic heterocycles. The highest BCUT2D eigenvalue weighted by Crippen LogP contribution is 2.34. The average Bonchev–Trinajstić information content (AvgIpc) is 2.68. The van der Waals surface area contributed by atoms with Crippen LogP contribution in [-0.2, 0) is 4.79 Å². The van der Waals surface area contributed by atoms with Crippen LogP contribution in [0.1, 0.15) is 25.5 Å². The number of nitrogens with one attached hydrogen (secondary N) is 1. The van der Waals surface area contributed by atoms with Crippen LogP contribution in [0, 0.1) is 10.1 Å². The molecule has 0 saturated carbocycles. The van der Waals surface area contributed by atoms with Gasteiger partial charge in [-0.2, -0.15) is 0 Å². The largest absolute Gasteiger partial charge is 0.424 e. The Balaban J connectivity index is 1.98. The molecule has 0 fully saturated rings. The van der Waals surface area contributed by atoms with Crippen molar-refractivity contribution < 1.29 is 24.0 Å². The molecular formula is C20H17N3O6. The van der Waals surface area contributed by atoms with Crippen molar-refractivity contribution in [2.75, 3.05) is 0 Å². The monoisotopic (exact) mass is 395 g/mol. The number of carbonyl (C=O) groups excluding carboxylic acids is 3. The van der Waals surface area contributed by atoms with Crippen molar-refractivity contribution in [3.05, 3.63) is 81.5 Å². The SMILES string of the molecule is CC(=O)C1=C(C)NC(=O)N(C(=O)Oc2ccc([N+](=O)[O-])cc2)C1c1ccccc1. The standard InChI is InChI=1S/C20H17N3O6/c1-12-17(13(2)24)18(14-6-4-3-5-7-14)22(19(25)21-12)20(26)29-16-10-8-15(9-11-16)23(27)28/h3-11,18H,1-2H3,(H,21,25). The van der Waals surface area contributed by atoms with E-state index in [-0.39, 0.29) is 22.8 Å². The first kappa shape index (κ1) is 19.7. The molecule has 3 rings (SSSR count). The van der Waals surface area contributed by atoms with Crippen LogP contribution in [0.3, 0.4) is 0 Å². The minimum atomic E-state index is -1.02. The van der Waals surface area contributed by atoms with Crippen LogP contribution in [0.25, 0.3) is 0 Å². The van der Waals surface area contributed by atoms with Gasteiger partial charge in [-0.15, -0.1) is 0 Å². The first-order chi connectivity index (χ1) is 13.8. The van der Waals surface area contributed by atoms with E-state index in [4.69, 9.17) is 4.74 Å². The summed E-state index contributed by atoms with van der Waals surface area (Å²) in [6.07, 6.45) is -1.02. The van der Waals surface area contributed by atoms with E-state index in [1.807, 2.05) is 0 Å². The number of allylic oxidation sites excluding steroid dienone is 1. The Morgan fingerprint density at radius 2 is 1.72 bits per heavy atom. The van der Waals surface area contributed by atoms with Gasteiger partial charge in [0.05, 0.1) is 4.92 Å². The maximum Gasteiger partial charge on any atom is 0.424 e. The van der Waals surface area contributed by atoms with Crippen molar-refractivity contribution >= 4 is 23.6 Å². The normalized spacial score (nSPS) is 16.3. The van der Waals surface area contributed by atoms with Crippen LogP contribution in [0.2, 0.25) is 0 Å². The highest BCUT2D eigenvalue weighted by Gasteiger charge is 2.41. The van der Waals surface area contributed by atoms with Gasteiger partial charge in [0.25, 0.3) is 5.69 Å². The van der Waals surface area contributed by atoms with Crippen molar-refractivity contribution in [1.29, 1.82) is 0 Å². The van der Waals surface area contributed by atoms with Crippen molar-refractivity contribution in [1.82, 2.24) is 10.2 Å². The van der Waals surface area contributed by atoms with E-state index >= 15 is 0 Å². The summed E-state index contributed by atoms with van der Waals surface area (Å²) in [5.74, 6) is -0.277. The number of imide groups is 1. The summed E-state index contributed by atoms with van der Waals surface area (Å²) in [4.78, 5) is 48.7. The zero-order chi connectivity index (χ0) is 21.1. The summed E-state index contributed by atoms with van der Waals surface area (Å²) in [7, 11) is 0. The molecule has 1 aliphatic rings. The zero-order valence-electron chi connectivity index (χ0n) is 15.6. The van der Waals surface area contributed by atoms with Crippen molar-refractivity contribution in [3.63, 3.8) is 0 Å². The summed E-state index contributed by atoms with van der Waals surface area (Å²) in [6, 6.07) is 11.8. The van der Waals surface area contributed by atoms with Gasteiger partial charge in [-0.25, -0.2) is 14.5 Å². The van der Waals surface area contributed by atoms with Gasteiger partial charge in [-0.05, 0) is 31.5 Å². The number of rotatable bonds is 4. The lowest BCUT2D eigenvalue weighted by atomic mass is 9.92. The fraction of sp³-hybridized carbons (Fsp3) is 0.150.